The van der Waals surface area contributed by atoms with Crippen molar-refractivity contribution in [3.63, 3.8) is 0 Å². The lowest BCUT2D eigenvalue weighted by Gasteiger charge is -2.17. The van der Waals surface area contributed by atoms with E-state index < -0.39 is 40.2 Å². The molecule has 0 saturated carbocycles. The third kappa shape index (κ3) is 5.27. The van der Waals surface area contributed by atoms with Gasteiger partial charge in [-0.3, -0.25) is 20.2 Å². The largest absolute Gasteiger partial charge is 0.443 e. The number of nitrogens with zero attached hydrogens (tertiary/aromatic N) is 1. The lowest BCUT2D eigenvalue weighted by Crippen LogP contribution is -2.42. The molecule has 10 heteroatoms. The van der Waals surface area contributed by atoms with Crippen LogP contribution in [0, 0.1) is 10.1 Å². The van der Waals surface area contributed by atoms with Gasteiger partial charge in [-0.15, -0.1) is 0 Å². The fourth-order valence-electron chi connectivity index (χ4n) is 2.28. The van der Waals surface area contributed by atoms with Crippen LogP contribution in [0.1, 0.15) is 28.9 Å². The topological polar surface area (TPSA) is 128 Å². The van der Waals surface area contributed by atoms with Crippen LogP contribution in [0.5, 0.6) is 0 Å². The Bertz CT molecular complexity index is 903. The summed E-state index contributed by atoms with van der Waals surface area (Å²) in [6.45, 7) is 1.95. The van der Waals surface area contributed by atoms with Crippen molar-refractivity contribution >= 4 is 35.2 Å². The molecule has 0 aliphatic rings. The second kappa shape index (κ2) is 9.47. The summed E-state index contributed by atoms with van der Waals surface area (Å²) >= 11 is 5.82. The van der Waals surface area contributed by atoms with E-state index in [0.717, 1.165) is 12.1 Å². The Morgan fingerprint density at radius 3 is 2.46 bits per heavy atom. The van der Waals surface area contributed by atoms with Crippen LogP contribution in [-0.4, -0.2) is 29.4 Å². The number of esters is 1. The number of nitro groups is 1. The highest BCUT2D eigenvalue weighted by atomic mass is 35.5. The molecule has 0 bridgehead atoms. The molecule has 0 heterocycles. The molecule has 2 aromatic carbocycles. The Kier molecular flexibility index (Phi) is 7.05. The quantitative estimate of drug-likeness (QED) is 0.432. The summed E-state index contributed by atoms with van der Waals surface area (Å²) in [6.07, 6.45) is -1.50. The zero-order valence-corrected chi connectivity index (χ0v) is 15.4. The van der Waals surface area contributed by atoms with Gasteiger partial charge in [0.1, 0.15) is 5.56 Å². The van der Waals surface area contributed by atoms with Gasteiger partial charge in [0.2, 0.25) is 6.10 Å². The van der Waals surface area contributed by atoms with Gasteiger partial charge >= 0.3 is 12.0 Å². The van der Waals surface area contributed by atoms with Crippen LogP contribution in [0.4, 0.5) is 10.5 Å². The molecule has 2 rings (SSSR count). The number of imide groups is 1. The van der Waals surface area contributed by atoms with E-state index in [1.54, 1.807) is 25.1 Å². The molecule has 0 aliphatic heterocycles. The Balaban J connectivity index is 2.34. The number of ether oxygens (including phenoxy) is 1. The van der Waals surface area contributed by atoms with E-state index >= 15 is 0 Å². The zero-order chi connectivity index (χ0) is 20.7. The van der Waals surface area contributed by atoms with E-state index in [9.17, 15) is 24.5 Å². The fraction of sp³-hybridized carbons (Fsp3) is 0.167. The molecule has 0 aliphatic carbocycles. The third-order valence-corrected chi connectivity index (χ3v) is 3.75. The fourth-order valence-corrected chi connectivity index (χ4v) is 2.46. The summed E-state index contributed by atoms with van der Waals surface area (Å²) in [5.74, 6) is -2.04. The van der Waals surface area contributed by atoms with E-state index in [1.807, 2.05) is 0 Å². The second-order valence-electron chi connectivity index (χ2n) is 5.46. The molecular weight excluding hydrogens is 390 g/mol. The molecular formula is C18H16ClN3O6. The summed E-state index contributed by atoms with van der Waals surface area (Å²) in [5.41, 5.74) is -0.656. The molecule has 2 N–H and O–H groups in total. The molecule has 3 amide bonds. The van der Waals surface area contributed by atoms with Crippen LogP contribution >= 0.6 is 11.6 Å². The lowest BCUT2D eigenvalue weighted by atomic mass is 10.1. The number of hydrogen-bond donors (Lipinski definition) is 2. The monoisotopic (exact) mass is 405 g/mol. The number of carbonyl (C=O) groups is 3. The first-order valence-corrected chi connectivity index (χ1v) is 8.49. The number of nitro benzene ring substituents is 1. The third-order valence-electron chi connectivity index (χ3n) is 3.51. The summed E-state index contributed by atoms with van der Waals surface area (Å²) in [7, 11) is 0. The minimum Gasteiger partial charge on any atom is -0.443 e. The highest BCUT2D eigenvalue weighted by Gasteiger charge is 2.30. The molecule has 0 saturated heterocycles. The molecule has 0 spiro atoms. The first kappa shape index (κ1) is 20.8. The van der Waals surface area contributed by atoms with Crippen molar-refractivity contribution in [1.82, 2.24) is 10.6 Å². The normalized spacial score (nSPS) is 11.2. The number of rotatable bonds is 6. The van der Waals surface area contributed by atoms with Crippen LogP contribution in [0.15, 0.2) is 48.5 Å². The molecule has 9 nitrogen and oxygen atoms in total. The molecule has 0 unspecified atom stereocenters. The number of amides is 3. The highest BCUT2D eigenvalue weighted by molar-refractivity contribution is 6.31. The van der Waals surface area contributed by atoms with Crippen molar-refractivity contribution in [2.75, 3.05) is 6.54 Å². The minimum atomic E-state index is -1.50. The lowest BCUT2D eigenvalue weighted by molar-refractivity contribution is -0.385. The summed E-state index contributed by atoms with van der Waals surface area (Å²) in [6, 6.07) is 10.6. The van der Waals surface area contributed by atoms with Crippen LogP contribution in [0.3, 0.4) is 0 Å². The Labute approximate surface area is 164 Å². The van der Waals surface area contributed by atoms with Crippen LogP contribution < -0.4 is 10.6 Å². The molecule has 0 fully saturated rings. The number of benzene rings is 2. The van der Waals surface area contributed by atoms with E-state index in [4.69, 9.17) is 16.3 Å². The van der Waals surface area contributed by atoms with Gasteiger partial charge in [-0.25, -0.2) is 9.59 Å². The van der Waals surface area contributed by atoms with Crippen molar-refractivity contribution in [2.45, 2.75) is 13.0 Å². The zero-order valence-electron chi connectivity index (χ0n) is 14.7. The maximum absolute atomic E-state index is 12.6. The summed E-state index contributed by atoms with van der Waals surface area (Å²) < 4.78 is 5.22. The predicted molar refractivity (Wildman–Crippen MR) is 99.9 cm³/mol. The highest BCUT2D eigenvalue weighted by Crippen LogP contribution is 2.26. The van der Waals surface area contributed by atoms with Crippen molar-refractivity contribution in [1.29, 1.82) is 0 Å². The van der Waals surface area contributed by atoms with Gasteiger partial charge in [-0.2, -0.15) is 0 Å². The van der Waals surface area contributed by atoms with E-state index in [0.29, 0.717) is 0 Å². The number of nitrogens with one attached hydrogen (secondary N) is 2. The molecule has 0 aromatic heterocycles. The summed E-state index contributed by atoms with van der Waals surface area (Å²) in [5, 5.41) is 15.7. The van der Waals surface area contributed by atoms with Gasteiger partial charge in [0, 0.05) is 23.2 Å². The first-order valence-electron chi connectivity index (χ1n) is 8.12. The number of urea groups is 1. The standard InChI is InChI=1S/C18H16ClN3O6/c1-2-20-18(25)21-16(23)15(11-6-4-3-5-7-11)28-17(24)13-10-12(19)8-9-14(13)22(26)27/h3-10,15H,2H2,1H3,(H2,20,21,23,25)/t15-/m1/s1. The predicted octanol–water partition coefficient (Wildman–Crippen LogP) is 2.99. The van der Waals surface area contributed by atoms with Crippen LogP contribution in [0.2, 0.25) is 5.02 Å². The van der Waals surface area contributed by atoms with Crippen molar-refractivity contribution < 1.29 is 24.0 Å². The smallest absolute Gasteiger partial charge is 0.346 e. The van der Waals surface area contributed by atoms with Gasteiger partial charge in [-0.1, -0.05) is 41.9 Å². The molecule has 2 aromatic rings. The van der Waals surface area contributed by atoms with Crippen molar-refractivity contribution in [3.8, 4) is 0 Å². The molecule has 1 atom stereocenters. The van der Waals surface area contributed by atoms with E-state index in [2.05, 4.69) is 10.6 Å². The maximum atomic E-state index is 12.6. The number of hydrogen-bond acceptors (Lipinski definition) is 6. The Morgan fingerprint density at radius 1 is 1.18 bits per heavy atom. The first-order chi connectivity index (χ1) is 13.3. The van der Waals surface area contributed by atoms with E-state index in [-0.39, 0.29) is 17.1 Å². The average molecular weight is 406 g/mol. The summed E-state index contributed by atoms with van der Waals surface area (Å²) in [4.78, 5) is 47.1. The van der Waals surface area contributed by atoms with Gasteiger partial charge in [-0.05, 0) is 19.1 Å². The molecule has 0 radical (unpaired) electrons. The maximum Gasteiger partial charge on any atom is 0.346 e. The number of halogens is 1. The SMILES string of the molecule is CCNC(=O)NC(=O)[C@H](OC(=O)c1cc(Cl)ccc1[N+](=O)[O-])c1ccccc1. The Hall–Kier alpha value is -3.46. The van der Waals surface area contributed by atoms with Gasteiger partial charge in [0.05, 0.1) is 4.92 Å². The number of carbonyl (C=O) groups excluding carboxylic acids is 3. The van der Waals surface area contributed by atoms with Crippen LogP contribution in [-0.2, 0) is 9.53 Å². The average Bonchev–Trinajstić information content (AvgIpc) is 2.66. The van der Waals surface area contributed by atoms with Gasteiger partial charge in [0.15, 0.2) is 0 Å². The van der Waals surface area contributed by atoms with Crippen molar-refractivity contribution in [3.05, 3.63) is 74.8 Å². The molecule has 28 heavy (non-hydrogen) atoms. The van der Waals surface area contributed by atoms with Gasteiger partial charge in [0.25, 0.3) is 11.6 Å². The second-order valence-corrected chi connectivity index (χ2v) is 5.90. The van der Waals surface area contributed by atoms with E-state index in [1.165, 1.54) is 18.2 Å². The van der Waals surface area contributed by atoms with Gasteiger partial charge < -0.3 is 10.1 Å². The molecule has 146 valence electrons. The van der Waals surface area contributed by atoms with Crippen molar-refractivity contribution in [2.24, 2.45) is 0 Å². The Morgan fingerprint density at radius 2 is 1.86 bits per heavy atom. The van der Waals surface area contributed by atoms with Crippen LogP contribution in [0.25, 0.3) is 0 Å². The minimum absolute atomic E-state index is 0.0839.